The third kappa shape index (κ3) is 3.18. The molecule has 0 saturated carbocycles. The summed E-state index contributed by atoms with van der Waals surface area (Å²) in [4.78, 5) is 2.44. The molecule has 1 N–H and O–H groups in total. The Morgan fingerprint density at radius 3 is 2.73 bits per heavy atom. The molecule has 0 bridgehead atoms. The predicted octanol–water partition coefficient (Wildman–Crippen LogP) is 2.51. The second kappa shape index (κ2) is 5.30. The van der Waals surface area contributed by atoms with Gasteiger partial charge in [-0.1, -0.05) is 17.7 Å². The van der Waals surface area contributed by atoms with E-state index >= 15 is 0 Å². The van der Waals surface area contributed by atoms with Gasteiger partial charge in [0.25, 0.3) is 0 Å². The van der Waals surface area contributed by atoms with Crippen LogP contribution in [0.3, 0.4) is 0 Å². The first kappa shape index (κ1) is 11.4. The molecule has 1 saturated heterocycles. The van der Waals surface area contributed by atoms with Crippen molar-refractivity contribution in [2.45, 2.75) is 6.54 Å². The van der Waals surface area contributed by atoms with Crippen LogP contribution in [-0.4, -0.2) is 31.1 Å². The molecular weight excluding hydrogens is 275 g/mol. The highest BCUT2D eigenvalue weighted by molar-refractivity contribution is 9.10. The number of rotatable bonds is 2. The lowest BCUT2D eigenvalue weighted by atomic mass is 10.2. The maximum atomic E-state index is 6.05. The summed E-state index contributed by atoms with van der Waals surface area (Å²) >= 11 is 9.45. The van der Waals surface area contributed by atoms with Crippen LogP contribution >= 0.6 is 27.5 Å². The lowest BCUT2D eigenvalue weighted by Gasteiger charge is -2.27. The zero-order valence-electron chi connectivity index (χ0n) is 8.47. The zero-order chi connectivity index (χ0) is 10.7. The van der Waals surface area contributed by atoms with E-state index in [2.05, 4.69) is 32.2 Å². The van der Waals surface area contributed by atoms with Gasteiger partial charge in [0.05, 0.1) is 5.02 Å². The molecule has 82 valence electrons. The predicted molar refractivity (Wildman–Crippen MR) is 67.3 cm³/mol. The number of halogens is 2. The summed E-state index contributed by atoms with van der Waals surface area (Å²) in [7, 11) is 0. The molecule has 1 aliphatic rings. The largest absolute Gasteiger partial charge is 0.314 e. The van der Waals surface area contributed by atoms with Crippen LogP contribution in [0.4, 0.5) is 0 Å². The molecule has 0 atom stereocenters. The van der Waals surface area contributed by atoms with Crippen molar-refractivity contribution in [1.29, 1.82) is 0 Å². The molecule has 0 aromatic heterocycles. The SMILES string of the molecule is Clc1cc(CN2CCNCC2)ccc1Br. The molecule has 1 aromatic carbocycles. The van der Waals surface area contributed by atoms with Crippen molar-refractivity contribution >= 4 is 27.5 Å². The van der Waals surface area contributed by atoms with Crippen molar-refractivity contribution in [3.8, 4) is 0 Å². The van der Waals surface area contributed by atoms with Crippen LogP contribution in [0.25, 0.3) is 0 Å². The van der Waals surface area contributed by atoms with E-state index < -0.39 is 0 Å². The van der Waals surface area contributed by atoms with Crippen molar-refractivity contribution < 1.29 is 0 Å². The van der Waals surface area contributed by atoms with Crippen molar-refractivity contribution in [1.82, 2.24) is 10.2 Å². The second-order valence-electron chi connectivity index (χ2n) is 3.77. The maximum absolute atomic E-state index is 6.05. The van der Waals surface area contributed by atoms with Crippen LogP contribution in [0.2, 0.25) is 5.02 Å². The molecule has 0 spiro atoms. The van der Waals surface area contributed by atoms with Crippen LogP contribution in [0, 0.1) is 0 Å². The Morgan fingerprint density at radius 2 is 2.07 bits per heavy atom. The molecule has 1 heterocycles. The summed E-state index contributed by atoms with van der Waals surface area (Å²) in [6, 6.07) is 6.17. The Morgan fingerprint density at radius 1 is 1.33 bits per heavy atom. The molecule has 2 nitrogen and oxygen atoms in total. The lowest BCUT2D eigenvalue weighted by molar-refractivity contribution is 0.233. The van der Waals surface area contributed by atoms with E-state index in [-0.39, 0.29) is 0 Å². The monoisotopic (exact) mass is 288 g/mol. The average Bonchev–Trinajstić information content (AvgIpc) is 2.25. The molecule has 1 aliphatic heterocycles. The number of nitrogens with zero attached hydrogens (tertiary/aromatic N) is 1. The molecule has 0 amide bonds. The van der Waals surface area contributed by atoms with E-state index in [4.69, 9.17) is 11.6 Å². The van der Waals surface area contributed by atoms with Gasteiger partial charge < -0.3 is 5.32 Å². The highest BCUT2D eigenvalue weighted by Gasteiger charge is 2.10. The molecule has 0 unspecified atom stereocenters. The number of piperazine rings is 1. The van der Waals surface area contributed by atoms with Gasteiger partial charge in [0.15, 0.2) is 0 Å². The van der Waals surface area contributed by atoms with Gasteiger partial charge in [-0.05, 0) is 33.6 Å². The third-order valence-corrected chi connectivity index (χ3v) is 3.83. The molecule has 0 radical (unpaired) electrons. The summed E-state index contributed by atoms with van der Waals surface area (Å²) in [6.45, 7) is 5.41. The molecule has 4 heteroatoms. The van der Waals surface area contributed by atoms with Crippen molar-refractivity contribution in [2.75, 3.05) is 26.2 Å². The van der Waals surface area contributed by atoms with Gasteiger partial charge in [0.2, 0.25) is 0 Å². The second-order valence-corrected chi connectivity index (χ2v) is 5.04. The van der Waals surface area contributed by atoms with E-state index in [1.165, 1.54) is 5.56 Å². The molecule has 1 fully saturated rings. The fourth-order valence-corrected chi connectivity index (χ4v) is 2.22. The Labute approximate surface area is 104 Å². The highest BCUT2D eigenvalue weighted by Crippen LogP contribution is 2.23. The summed E-state index contributed by atoms with van der Waals surface area (Å²) in [6.07, 6.45) is 0. The third-order valence-electron chi connectivity index (χ3n) is 2.60. The van der Waals surface area contributed by atoms with Crippen LogP contribution in [0.5, 0.6) is 0 Å². The topological polar surface area (TPSA) is 15.3 Å². The van der Waals surface area contributed by atoms with Crippen molar-refractivity contribution in [3.63, 3.8) is 0 Å². The van der Waals surface area contributed by atoms with Crippen LogP contribution < -0.4 is 5.32 Å². The standard InChI is InChI=1S/C11H14BrClN2/c12-10-2-1-9(7-11(10)13)8-15-5-3-14-4-6-15/h1-2,7,14H,3-6,8H2. The van der Waals surface area contributed by atoms with E-state index in [0.717, 1.165) is 42.2 Å². The molecule has 1 aromatic rings. The van der Waals surface area contributed by atoms with E-state index in [1.807, 2.05) is 12.1 Å². The zero-order valence-corrected chi connectivity index (χ0v) is 10.8. The summed E-state index contributed by atoms with van der Waals surface area (Å²) < 4.78 is 0.966. The average molecular weight is 290 g/mol. The van der Waals surface area contributed by atoms with Crippen LogP contribution in [-0.2, 0) is 6.54 Å². The van der Waals surface area contributed by atoms with Crippen LogP contribution in [0.1, 0.15) is 5.56 Å². The van der Waals surface area contributed by atoms with Gasteiger partial charge in [0, 0.05) is 37.2 Å². The minimum Gasteiger partial charge on any atom is -0.314 e. The number of hydrogen-bond donors (Lipinski definition) is 1. The number of nitrogens with one attached hydrogen (secondary N) is 1. The minimum absolute atomic E-state index is 0.794. The molecular formula is C11H14BrClN2. The first-order chi connectivity index (χ1) is 7.25. The summed E-state index contributed by atoms with van der Waals surface area (Å²) in [5, 5.41) is 4.14. The Balaban J connectivity index is 2.00. The Hall–Kier alpha value is -0.0900. The van der Waals surface area contributed by atoms with Gasteiger partial charge in [-0.15, -0.1) is 0 Å². The smallest absolute Gasteiger partial charge is 0.0551 e. The van der Waals surface area contributed by atoms with Crippen LogP contribution in [0.15, 0.2) is 22.7 Å². The fraction of sp³-hybridized carbons (Fsp3) is 0.455. The summed E-state index contributed by atoms with van der Waals surface area (Å²) in [5.41, 5.74) is 1.28. The molecule has 15 heavy (non-hydrogen) atoms. The van der Waals surface area contributed by atoms with Crippen molar-refractivity contribution in [3.05, 3.63) is 33.3 Å². The number of benzene rings is 1. The molecule has 0 aliphatic carbocycles. The van der Waals surface area contributed by atoms with E-state index in [9.17, 15) is 0 Å². The molecule has 2 rings (SSSR count). The first-order valence-corrected chi connectivity index (χ1v) is 6.30. The van der Waals surface area contributed by atoms with Gasteiger partial charge in [-0.3, -0.25) is 4.90 Å². The fourth-order valence-electron chi connectivity index (χ4n) is 1.77. The first-order valence-electron chi connectivity index (χ1n) is 5.13. The van der Waals surface area contributed by atoms with Gasteiger partial charge >= 0.3 is 0 Å². The van der Waals surface area contributed by atoms with Crippen molar-refractivity contribution in [2.24, 2.45) is 0 Å². The normalized spacial score (nSPS) is 18.0. The maximum Gasteiger partial charge on any atom is 0.0551 e. The quantitative estimate of drug-likeness (QED) is 0.900. The Kier molecular flexibility index (Phi) is 4.03. The lowest BCUT2D eigenvalue weighted by Crippen LogP contribution is -2.42. The van der Waals surface area contributed by atoms with E-state index in [1.54, 1.807) is 0 Å². The van der Waals surface area contributed by atoms with Gasteiger partial charge in [-0.25, -0.2) is 0 Å². The van der Waals surface area contributed by atoms with Gasteiger partial charge in [0.1, 0.15) is 0 Å². The number of hydrogen-bond acceptors (Lipinski definition) is 2. The van der Waals surface area contributed by atoms with E-state index in [0.29, 0.717) is 0 Å². The Bertz CT molecular complexity index is 337. The van der Waals surface area contributed by atoms with Gasteiger partial charge in [-0.2, -0.15) is 0 Å². The highest BCUT2D eigenvalue weighted by atomic mass is 79.9. The minimum atomic E-state index is 0.794. The summed E-state index contributed by atoms with van der Waals surface area (Å²) in [5.74, 6) is 0.